The van der Waals surface area contributed by atoms with Crippen LogP contribution in [0.4, 0.5) is 5.69 Å². The van der Waals surface area contributed by atoms with Crippen LogP contribution in [-0.2, 0) is 0 Å². The van der Waals surface area contributed by atoms with Crippen molar-refractivity contribution in [3.8, 4) is 11.5 Å². The van der Waals surface area contributed by atoms with E-state index in [0.717, 1.165) is 41.1 Å². The molecule has 0 saturated heterocycles. The van der Waals surface area contributed by atoms with Crippen LogP contribution in [0, 0.1) is 0 Å². The van der Waals surface area contributed by atoms with Crippen molar-refractivity contribution in [1.82, 2.24) is 4.98 Å². The lowest BCUT2D eigenvalue weighted by Gasteiger charge is -2.05. The fourth-order valence-corrected chi connectivity index (χ4v) is 2.05. The van der Waals surface area contributed by atoms with Crippen LogP contribution >= 0.6 is 0 Å². The zero-order valence-electron chi connectivity index (χ0n) is 10.9. The average Bonchev–Trinajstić information content (AvgIpc) is 2.89. The van der Waals surface area contributed by atoms with Crippen molar-refractivity contribution >= 4 is 16.7 Å². The highest BCUT2D eigenvalue weighted by atomic mass is 16.3. The molecule has 0 bridgehead atoms. The van der Waals surface area contributed by atoms with Crippen LogP contribution in [0.1, 0.15) is 13.3 Å². The second kappa shape index (κ2) is 5.14. The van der Waals surface area contributed by atoms with E-state index in [1.54, 1.807) is 6.20 Å². The first kappa shape index (κ1) is 11.8. The van der Waals surface area contributed by atoms with Gasteiger partial charge in [-0.15, -0.1) is 0 Å². The van der Waals surface area contributed by atoms with Crippen molar-refractivity contribution in [1.29, 1.82) is 0 Å². The summed E-state index contributed by atoms with van der Waals surface area (Å²) in [4.78, 5) is 4.38. The van der Waals surface area contributed by atoms with Gasteiger partial charge in [-0.2, -0.15) is 0 Å². The summed E-state index contributed by atoms with van der Waals surface area (Å²) in [7, 11) is 0. The molecular weight excluding hydrogens is 236 g/mol. The van der Waals surface area contributed by atoms with Gasteiger partial charge in [0.25, 0.3) is 0 Å². The van der Waals surface area contributed by atoms with Gasteiger partial charge in [-0.3, -0.25) is 4.98 Å². The maximum absolute atomic E-state index is 5.82. The smallest absolute Gasteiger partial charge is 0.153 e. The van der Waals surface area contributed by atoms with Crippen molar-refractivity contribution in [3.05, 3.63) is 48.7 Å². The van der Waals surface area contributed by atoms with Gasteiger partial charge in [0.1, 0.15) is 11.3 Å². The van der Waals surface area contributed by atoms with Crippen LogP contribution in [0.2, 0.25) is 0 Å². The van der Waals surface area contributed by atoms with Gasteiger partial charge in [0.05, 0.1) is 0 Å². The lowest BCUT2D eigenvalue weighted by atomic mass is 10.2. The molecule has 3 heteroatoms. The van der Waals surface area contributed by atoms with Gasteiger partial charge in [-0.05, 0) is 30.7 Å². The Morgan fingerprint density at radius 3 is 2.89 bits per heavy atom. The quantitative estimate of drug-likeness (QED) is 0.751. The van der Waals surface area contributed by atoms with Gasteiger partial charge >= 0.3 is 0 Å². The predicted molar refractivity (Wildman–Crippen MR) is 78.2 cm³/mol. The van der Waals surface area contributed by atoms with Crippen molar-refractivity contribution in [2.45, 2.75) is 13.3 Å². The monoisotopic (exact) mass is 252 g/mol. The Labute approximate surface area is 112 Å². The minimum Gasteiger partial charge on any atom is -0.454 e. The molecule has 0 spiro atoms. The molecule has 0 fully saturated rings. The predicted octanol–water partition coefficient (Wildman–Crippen LogP) is 4.32. The molecule has 2 heterocycles. The zero-order valence-corrected chi connectivity index (χ0v) is 10.9. The number of anilines is 1. The highest BCUT2D eigenvalue weighted by molar-refractivity contribution is 5.82. The highest BCUT2D eigenvalue weighted by Crippen LogP contribution is 2.27. The molecule has 0 saturated carbocycles. The van der Waals surface area contributed by atoms with E-state index in [0.29, 0.717) is 0 Å². The number of hydrogen-bond donors (Lipinski definition) is 1. The summed E-state index contributed by atoms with van der Waals surface area (Å²) in [6.07, 6.45) is 2.91. The second-order valence-electron chi connectivity index (χ2n) is 4.51. The lowest BCUT2D eigenvalue weighted by Crippen LogP contribution is -1.99. The number of nitrogens with zero attached hydrogens (tertiary/aromatic N) is 1. The number of rotatable bonds is 4. The molecule has 0 aliphatic carbocycles. The molecular formula is C16H16N2O. The summed E-state index contributed by atoms with van der Waals surface area (Å²) >= 11 is 0. The second-order valence-corrected chi connectivity index (χ2v) is 4.51. The van der Waals surface area contributed by atoms with E-state index in [1.165, 1.54) is 0 Å². The first-order chi connectivity index (χ1) is 9.36. The molecule has 0 atom stereocenters. The van der Waals surface area contributed by atoms with E-state index < -0.39 is 0 Å². The van der Waals surface area contributed by atoms with Crippen molar-refractivity contribution in [3.63, 3.8) is 0 Å². The average molecular weight is 252 g/mol. The van der Waals surface area contributed by atoms with E-state index in [-0.39, 0.29) is 0 Å². The number of para-hydroxylation sites is 1. The molecule has 3 aromatic rings. The van der Waals surface area contributed by atoms with E-state index in [2.05, 4.69) is 17.2 Å². The van der Waals surface area contributed by atoms with Crippen LogP contribution < -0.4 is 5.32 Å². The van der Waals surface area contributed by atoms with E-state index in [1.807, 2.05) is 42.5 Å². The van der Waals surface area contributed by atoms with Crippen LogP contribution in [0.25, 0.3) is 22.4 Å². The molecule has 2 aromatic heterocycles. The van der Waals surface area contributed by atoms with Gasteiger partial charge in [0.2, 0.25) is 0 Å². The van der Waals surface area contributed by atoms with Crippen molar-refractivity contribution in [2.24, 2.45) is 0 Å². The summed E-state index contributed by atoms with van der Waals surface area (Å²) in [5, 5.41) is 4.46. The van der Waals surface area contributed by atoms with Crippen molar-refractivity contribution < 1.29 is 4.42 Å². The molecule has 19 heavy (non-hydrogen) atoms. The highest BCUT2D eigenvalue weighted by Gasteiger charge is 2.07. The van der Waals surface area contributed by atoms with Crippen LogP contribution in [0.5, 0.6) is 0 Å². The third kappa shape index (κ3) is 2.45. The van der Waals surface area contributed by atoms with Gasteiger partial charge in [-0.25, -0.2) is 0 Å². The Morgan fingerprint density at radius 1 is 1.16 bits per heavy atom. The molecule has 0 amide bonds. The standard InChI is InChI=1S/C16H16N2O/c1-2-8-17-13-7-9-18-14(11-13)16-10-12-5-3-4-6-15(12)19-16/h3-7,9-11H,2,8H2,1H3,(H,17,18). The molecule has 3 nitrogen and oxygen atoms in total. The summed E-state index contributed by atoms with van der Waals surface area (Å²) in [6.45, 7) is 3.11. The molecule has 3 rings (SSSR count). The first-order valence-electron chi connectivity index (χ1n) is 6.55. The van der Waals surface area contributed by atoms with Gasteiger partial charge in [-0.1, -0.05) is 25.1 Å². The third-order valence-corrected chi connectivity index (χ3v) is 3.02. The molecule has 0 unspecified atom stereocenters. The fraction of sp³-hybridized carbons (Fsp3) is 0.188. The van der Waals surface area contributed by atoms with E-state index in [4.69, 9.17) is 4.42 Å². The topological polar surface area (TPSA) is 38.1 Å². The van der Waals surface area contributed by atoms with Gasteiger partial charge in [0.15, 0.2) is 5.76 Å². The van der Waals surface area contributed by atoms with E-state index >= 15 is 0 Å². The summed E-state index contributed by atoms with van der Waals surface area (Å²) in [5.41, 5.74) is 2.83. The third-order valence-electron chi connectivity index (χ3n) is 3.02. The van der Waals surface area contributed by atoms with Gasteiger partial charge in [0, 0.05) is 23.8 Å². The Bertz CT molecular complexity index is 655. The maximum Gasteiger partial charge on any atom is 0.153 e. The summed E-state index contributed by atoms with van der Waals surface area (Å²) in [6, 6.07) is 14.0. The lowest BCUT2D eigenvalue weighted by molar-refractivity contribution is 0.629. The number of furan rings is 1. The summed E-state index contributed by atoms with van der Waals surface area (Å²) < 4.78 is 5.82. The van der Waals surface area contributed by atoms with Gasteiger partial charge < -0.3 is 9.73 Å². The van der Waals surface area contributed by atoms with Crippen LogP contribution in [-0.4, -0.2) is 11.5 Å². The molecule has 0 aliphatic rings. The number of nitrogens with one attached hydrogen (secondary N) is 1. The number of pyridine rings is 1. The number of benzene rings is 1. The summed E-state index contributed by atoms with van der Waals surface area (Å²) in [5.74, 6) is 0.807. The van der Waals surface area contributed by atoms with E-state index in [9.17, 15) is 0 Å². The molecule has 0 radical (unpaired) electrons. The Morgan fingerprint density at radius 2 is 2.05 bits per heavy atom. The number of hydrogen-bond acceptors (Lipinski definition) is 3. The minimum absolute atomic E-state index is 0.807. The maximum atomic E-state index is 5.82. The Balaban J connectivity index is 1.96. The Hall–Kier alpha value is -2.29. The SMILES string of the molecule is CCCNc1ccnc(-c2cc3ccccc3o2)c1. The Kier molecular flexibility index (Phi) is 3.19. The number of fused-ring (bicyclic) bond motifs is 1. The normalized spacial score (nSPS) is 10.8. The molecule has 0 aliphatic heterocycles. The van der Waals surface area contributed by atoms with Crippen LogP contribution in [0.15, 0.2) is 53.1 Å². The number of aromatic nitrogens is 1. The van der Waals surface area contributed by atoms with Crippen molar-refractivity contribution in [2.75, 3.05) is 11.9 Å². The fourth-order valence-electron chi connectivity index (χ4n) is 2.05. The van der Waals surface area contributed by atoms with Crippen LogP contribution in [0.3, 0.4) is 0 Å². The molecule has 1 aromatic carbocycles. The molecule has 96 valence electrons. The molecule has 1 N–H and O–H groups in total. The first-order valence-corrected chi connectivity index (χ1v) is 6.55. The zero-order chi connectivity index (χ0) is 13.1. The largest absolute Gasteiger partial charge is 0.454 e. The minimum atomic E-state index is 0.807.